The largest absolute Gasteiger partial charge is 0.481 e. The molecule has 54 valence electrons. The molecule has 1 heterocycles. The van der Waals surface area contributed by atoms with E-state index in [1.807, 2.05) is 0 Å². The molecule has 1 N–H and O–H groups in total. The van der Waals surface area contributed by atoms with Gasteiger partial charge in [-0.1, -0.05) is 0 Å². The van der Waals surface area contributed by atoms with Gasteiger partial charge in [0.2, 0.25) is 0 Å². The highest BCUT2D eigenvalue weighted by atomic mass is 32.1. The Hall–Kier alpha value is -0.970. The van der Waals surface area contributed by atoms with Crippen molar-refractivity contribution in [1.82, 2.24) is 10.2 Å². The Morgan fingerprint density at radius 3 is 3.10 bits per heavy atom. The van der Waals surface area contributed by atoms with Crippen LogP contribution in [0.1, 0.15) is 11.4 Å². The Labute approximate surface area is 61.5 Å². The predicted octanol–water partition coefficient (Wildman–Crippen LogP) is 0.555. The van der Waals surface area contributed by atoms with Gasteiger partial charge < -0.3 is 5.11 Å². The van der Waals surface area contributed by atoms with E-state index in [9.17, 15) is 4.79 Å². The van der Waals surface area contributed by atoms with Crippen LogP contribution in [0, 0.1) is 0 Å². The van der Waals surface area contributed by atoms with Crippen molar-refractivity contribution >= 4 is 17.3 Å². The second-order valence-corrected chi connectivity index (χ2v) is 2.64. The average Bonchev–Trinajstić information content (AvgIpc) is 2.34. The van der Waals surface area contributed by atoms with E-state index in [0.717, 1.165) is 5.01 Å². The molecule has 0 radical (unpaired) electrons. The molecule has 0 saturated carbocycles. The van der Waals surface area contributed by atoms with Gasteiger partial charge in [0.1, 0.15) is 10.5 Å². The predicted molar refractivity (Wildman–Crippen MR) is 35.9 cm³/mol. The van der Waals surface area contributed by atoms with Crippen LogP contribution in [0.2, 0.25) is 0 Å². The molecule has 0 atom stereocenters. The van der Waals surface area contributed by atoms with Crippen LogP contribution in [0.4, 0.5) is 0 Å². The molecule has 0 amide bonds. The minimum Gasteiger partial charge on any atom is -0.481 e. The van der Waals surface area contributed by atoms with Gasteiger partial charge in [-0.25, -0.2) is 0 Å². The Bertz CT molecular complexity index is 209. The first kappa shape index (κ1) is 7.14. The van der Waals surface area contributed by atoms with Gasteiger partial charge in [0.05, 0.1) is 6.42 Å². The molecule has 0 bridgehead atoms. The van der Waals surface area contributed by atoms with Crippen LogP contribution in [0.15, 0.2) is 5.51 Å². The van der Waals surface area contributed by atoms with Crippen LogP contribution < -0.4 is 0 Å². The van der Waals surface area contributed by atoms with E-state index in [0.29, 0.717) is 6.42 Å². The van der Waals surface area contributed by atoms with Crippen molar-refractivity contribution in [2.24, 2.45) is 0 Å². The molecular formula is C5H6N2O2S. The minimum absolute atomic E-state index is 0.134. The van der Waals surface area contributed by atoms with Gasteiger partial charge in [0.15, 0.2) is 0 Å². The quantitative estimate of drug-likeness (QED) is 0.698. The number of rotatable bonds is 3. The summed E-state index contributed by atoms with van der Waals surface area (Å²) in [5.41, 5.74) is 1.59. The second-order valence-electron chi connectivity index (χ2n) is 1.73. The van der Waals surface area contributed by atoms with Gasteiger partial charge >= 0.3 is 5.97 Å². The molecule has 5 heteroatoms. The lowest BCUT2D eigenvalue weighted by atomic mass is 10.3. The van der Waals surface area contributed by atoms with Crippen molar-refractivity contribution in [3.8, 4) is 0 Å². The Kier molecular flexibility index (Phi) is 2.33. The summed E-state index contributed by atoms with van der Waals surface area (Å²) in [4.78, 5) is 10.1. The summed E-state index contributed by atoms with van der Waals surface area (Å²) < 4.78 is 0. The molecule has 0 unspecified atom stereocenters. The topological polar surface area (TPSA) is 63.1 Å². The SMILES string of the molecule is O=C(O)CCc1nncs1. The summed E-state index contributed by atoms with van der Waals surface area (Å²) in [6.45, 7) is 0. The van der Waals surface area contributed by atoms with Gasteiger partial charge in [-0.15, -0.1) is 21.5 Å². The third-order valence-electron chi connectivity index (χ3n) is 0.958. The number of hydrogen-bond donors (Lipinski definition) is 1. The molecule has 0 aromatic carbocycles. The minimum atomic E-state index is -0.796. The molecule has 0 fully saturated rings. The molecule has 1 aromatic heterocycles. The number of aliphatic carboxylic acids is 1. The number of hydrogen-bond acceptors (Lipinski definition) is 4. The fourth-order valence-corrected chi connectivity index (χ4v) is 1.05. The van der Waals surface area contributed by atoms with Crippen LogP contribution in [-0.2, 0) is 11.2 Å². The monoisotopic (exact) mass is 158 g/mol. The molecule has 4 nitrogen and oxygen atoms in total. The summed E-state index contributed by atoms with van der Waals surface area (Å²) in [7, 11) is 0. The smallest absolute Gasteiger partial charge is 0.303 e. The summed E-state index contributed by atoms with van der Waals surface area (Å²) >= 11 is 1.38. The molecule has 0 saturated heterocycles. The second kappa shape index (κ2) is 3.26. The summed E-state index contributed by atoms with van der Waals surface area (Å²) in [5.74, 6) is -0.796. The van der Waals surface area contributed by atoms with Crippen LogP contribution in [-0.4, -0.2) is 21.3 Å². The Morgan fingerprint density at radius 1 is 1.80 bits per heavy atom. The van der Waals surface area contributed by atoms with Crippen LogP contribution >= 0.6 is 11.3 Å². The van der Waals surface area contributed by atoms with Gasteiger partial charge in [-0.05, 0) is 0 Å². The Balaban J connectivity index is 2.35. The van der Waals surface area contributed by atoms with Crippen LogP contribution in [0.25, 0.3) is 0 Å². The summed E-state index contributed by atoms with van der Waals surface area (Å²) in [6.07, 6.45) is 0.620. The molecule has 1 rings (SSSR count). The van der Waals surface area contributed by atoms with Crippen LogP contribution in [0.5, 0.6) is 0 Å². The maximum absolute atomic E-state index is 10.1. The van der Waals surface area contributed by atoms with E-state index >= 15 is 0 Å². The zero-order chi connectivity index (χ0) is 7.40. The molecule has 0 aliphatic rings. The average molecular weight is 158 g/mol. The summed E-state index contributed by atoms with van der Waals surface area (Å²) in [5, 5.41) is 16.3. The number of carbonyl (C=O) groups is 1. The van der Waals surface area contributed by atoms with Crippen molar-refractivity contribution < 1.29 is 9.90 Å². The lowest BCUT2D eigenvalue weighted by Crippen LogP contribution is -1.96. The van der Waals surface area contributed by atoms with Gasteiger partial charge in [-0.2, -0.15) is 0 Å². The third kappa shape index (κ3) is 2.10. The highest BCUT2D eigenvalue weighted by molar-refractivity contribution is 7.09. The lowest BCUT2D eigenvalue weighted by Gasteiger charge is -1.87. The van der Waals surface area contributed by atoms with E-state index in [1.165, 1.54) is 11.3 Å². The molecule has 10 heavy (non-hydrogen) atoms. The van der Waals surface area contributed by atoms with E-state index in [4.69, 9.17) is 5.11 Å². The number of nitrogens with zero attached hydrogens (tertiary/aromatic N) is 2. The first-order valence-electron chi connectivity index (χ1n) is 2.76. The maximum atomic E-state index is 10.1. The molecule has 0 spiro atoms. The van der Waals surface area contributed by atoms with E-state index < -0.39 is 5.97 Å². The maximum Gasteiger partial charge on any atom is 0.303 e. The van der Waals surface area contributed by atoms with Gasteiger partial charge in [0.25, 0.3) is 0 Å². The number of carboxylic acids is 1. The highest BCUT2D eigenvalue weighted by Crippen LogP contribution is 2.03. The van der Waals surface area contributed by atoms with Crippen molar-refractivity contribution in [2.75, 3.05) is 0 Å². The molecule has 0 aliphatic heterocycles. The van der Waals surface area contributed by atoms with Gasteiger partial charge in [-0.3, -0.25) is 4.79 Å². The molecule has 1 aromatic rings. The van der Waals surface area contributed by atoms with Crippen molar-refractivity contribution in [1.29, 1.82) is 0 Å². The van der Waals surface area contributed by atoms with Crippen LogP contribution in [0.3, 0.4) is 0 Å². The van der Waals surface area contributed by atoms with Crippen molar-refractivity contribution in [2.45, 2.75) is 12.8 Å². The van der Waals surface area contributed by atoms with Gasteiger partial charge in [0, 0.05) is 6.42 Å². The highest BCUT2D eigenvalue weighted by Gasteiger charge is 2.00. The fourth-order valence-electron chi connectivity index (χ4n) is 0.519. The lowest BCUT2D eigenvalue weighted by molar-refractivity contribution is -0.136. The first-order valence-corrected chi connectivity index (χ1v) is 3.64. The van der Waals surface area contributed by atoms with E-state index in [1.54, 1.807) is 5.51 Å². The third-order valence-corrected chi connectivity index (χ3v) is 1.72. The van der Waals surface area contributed by atoms with E-state index in [2.05, 4.69) is 10.2 Å². The first-order chi connectivity index (χ1) is 4.79. The zero-order valence-electron chi connectivity index (χ0n) is 5.15. The van der Waals surface area contributed by atoms with E-state index in [-0.39, 0.29) is 6.42 Å². The van der Waals surface area contributed by atoms with Crippen molar-refractivity contribution in [3.63, 3.8) is 0 Å². The summed E-state index contributed by atoms with van der Waals surface area (Å²) in [6, 6.07) is 0. The molecular weight excluding hydrogens is 152 g/mol. The number of aryl methyl sites for hydroxylation is 1. The molecule has 0 aliphatic carbocycles. The Morgan fingerprint density at radius 2 is 2.60 bits per heavy atom. The van der Waals surface area contributed by atoms with Crippen molar-refractivity contribution in [3.05, 3.63) is 10.5 Å². The number of aromatic nitrogens is 2. The number of carboxylic acid groups (broad SMARTS) is 1. The fraction of sp³-hybridized carbons (Fsp3) is 0.400. The normalized spacial score (nSPS) is 9.60. The standard InChI is InChI=1S/C5H6N2O2S/c8-5(9)2-1-4-7-6-3-10-4/h3H,1-2H2,(H,8,9). The zero-order valence-corrected chi connectivity index (χ0v) is 5.97.